The Morgan fingerprint density at radius 2 is 1.68 bits per heavy atom. The van der Waals surface area contributed by atoms with Crippen molar-refractivity contribution < 1.29 is 9.31 Å². The summed E-state index contributed by atoms with van der Waals surface area (Å²) in [6, 6.07) is 6.19. The van der Waals surface area contributed by atoms with Crippen LogP contribution in [0.5, 0.6) is 0 Å². The van der Waals surface area contributed by atoms with Gasteiger partial charge in [-0.15, -0.1) is 0 Å². The zero-order chi connectivity index (χ0) is 13.8. The van der Waals surface area contributed by atoms with Crippen LogP contribution in [0, 0.1) is 0 Å². The summed E-state index contributed by atoms with van der Waals surface area (Å²) in [6.45, 7) is 8.24. The van der Waals surface area contributed by atoms with Gasteiger partial charge in [0.2, 0.25) is 0 Å². The van der Waals surface area contributed by atoms with E-state index in [2.05, 4.69) is 39.8 Å². The number of halogens is 1. The lowest BCUT2D eigenvalue weighted by Crippen LogP contribution is -2.41. The van der Waals surface area contributed by atoms with E-state index in [1.165, 1.54) is 18.4 Å². The summed E-state index contributed by atoms with van der Waals surface area (Å²) in [5, 5.41) is 0.823. The molecule has 0 spiro atoms. The van der Waals surface area contributed by atoms with Crippen LogP contribution in [0.1, 0.15) is 52.0 Å². The minimum Gasteiger partial charge on any atom is -0.399 e. The number of benzene rings is 1. The Labute approximate surface area is 120 Å². The van der Waals surface area contributed by atoms with Crippen LogP contribution in [0.4, 0.5) is 0 Å². The van der Waals surface area contributed by atoms with E-state index in [0.717, 1.165) is 10.5 Å². The van der Waals surface area contributed by atoms with Crippen LogP contribution in [-0.4, -0.2) is 18.3 Å². The quantitative estimate of drug-likeness (QED) is 0.771. The van der Waals surface area contributed by atoms with Gasteiger partial charge in [0.1, 0.15) is 0 Å². The highest BCUT2D eigenvalue weighted by Crippen LogP contribution is 2.43. The van der Waals surface area contributed by atoms with Crippen molar-refractivity contribution in [2.24, 2.45) is 0 Å². The smallest absolute Gasteiger partial charge is 0.399 e. The van der Waals surface area contributed by atoms with Crippen molar-refractivity contribution in [3.63, 3.8) is 0 Å². The molecule has 2 aliphatic rings. The molecular formula is C15H20BClO2. The predicted octanol–water partition coefficient (Wildman–Crippen LogP) is 3.52. The van der Waals surface area contributed by atoms with Gasteiger partial charge in [0, 0.05) is 10.5 Å². The van der Waals surface area contributed by atoms with E-state index in [1.54, 1.807) is 0 Å². The van der Waals surface area contributed by atoms with Crippen molar-refractivity contribution in [3.05, 3.63) is 28.8 Å². The first-order chi connectivity index (χ1) is 8.82. The minimum atomic E-state index is -0.365. The summed E-state index contributed by atoms with van der Waals surface area (Å²) in [4.78, 5) is 0. The highest BCUT2D eigenvalue weighted by atomic mass is 35.5. The molecule has 1 heterocycles. The first-order valence-corrected chi connectivity index (χ1v) is 7.33. The van der Waals surface area contributed by atoms with Crippen LogP contribution in [0.3, 0.4) is 0 Å². The van der Waals surface area contributed by atoms with Crippen LogP contribution in [0.15, 0.2) is 18.2 Å². The maximum absolute atomic E-state index is 6.55. The Bertz CT molecular complexity index is 493. The molecule has 1 saturated carbocycles. The molecule has 1 aliphatic heterocycles. The van der Waals surface area contributed by atoms with E-state index < -0.39 is 0 Å². The van der Waals surface area contributed by atoms with Gasteiger partial charge in [-0.3, -0.25) is 0 Å². The van der Waals surface area contributed by atoms with Crippen molar-refractivity contribution in [1.82, 2.24) is 0 Å². The minimum absolute atomic E-state index is 0.323. The predicted molar refractivity (Wildman–Crippen MR) is 79.1 cm³/mol. The van der Waals surface area contributed by atoms with Crippen LogP contribution in [-0.2, 0) is 9.31 Å². The Morgan fingerprint density at radius 1 is 1.11 bits per heavy atom. The van der Waals surface area contributed by atoms with Gasteiger partial charge >= 0.3 is 7.12 Å². The fourth-order valence-electron chi connectivity index (χ4n) is 2.43. The lowest BCUT2D eigenvalue weighted by atomic mass is 9.78. The van der Waals surface area contributed by atoms with Gasteiger partial charge in [-0.25, -0.2) is 0 Å². The monoisotopic (exact) mass is 278 g/mol. The molecule has 1 aromatic carbocycles. The summed E-state index contributed by atoms with van der Waals surface area (Å²) >= 11 is 6.55. The molecule has 1 aromatic rings. The molecule has 19 heavy (non-hydrogen) atoms. The van der Waals surface area contributed by atoms with Crippen molar-refractivity contribution in [3.8, 4) is 0 Å². The molecule has 1 aliphatic carbocycles. The molecule has 2 fully saturated rings. The molecule has 4 heteroatoms. The molecule has 0 atom stereocenters. The average Bonchev–Trinajstić information content (AvgIpc) is 3.08. The van der Waals surface area contributed by atoms with E-state index in [0.29, 0.717) is 5.92 Å². The molecule has 0 unspecified atom stereocenters. The molecule has 0 N–H and O–H groups in total. The van der Waals surface area contributed by atoms with Crippen molar-refractivity contribution >= 4 is 24.2 Å². The number of hydrogen-bond acceptors (Lipinski definition) is 2. The van der Waals surface area contributed by atoms with Gasteiger partial charge in [0.15, 0.2) is 0 Å². The van der Waals surface area contributed by atoms with Crippen LogP contribution < -0.4 is 5.46 Å². The third-order valence-electron chi connectivity index (χ3n) is 4.58. The summed E-state index contributed by atoms with van der Waals surface area (Å²) in [7, 11) is -0.365. The fraction of sp³-hybridized carbons (Fsp3) is 0.600. The number of rotatable bonds is 2. The van der Waals surface area contributed by atoms with Crippen LogP contribution in [0.2, 0.25) is 5.02 Å². The summed E-state index contributed by atoms with van der Waals surface area (Å²) in [5.74, 6) is 0.634. The molecule has 0 radical (unpaired) electrons. The highest BCUT2D eigenvalue weighted by molar-refractivity contribution is 6.65. The van der Waals surface area contributed by atoms with E-state index in [-0.39, 0.29) is 18.3 Å². The van der Waals surface area contributed by atoms with E-state index >= 15 is 0 Å². The Morgan fingerprint density at radius 3 is 2.21 bits per heavy atom. The van der Waals surface area contributed by atoms with E-state index in [1.807, 2.05) is 6.07 Å². The Hall–Kier alpha value is -0.505. The molecule has 0 bridgehead atoms. The molecule has 0 aromatic heterocycles. The van der Waals surface area contributed by atoms with Crippen LogP contribution in [0.25, 0.3) is 0 Å². The summed E-state index contributed by atoms with van der Waals surface area (Å²) < 4.78 is 12.2. The third-order valence-corrected chi connectivity index (χ3v) is 5.02. The number of hydrogen-bond donors (Lipinski definition) is 0. The second-order valence-corrected chi connectivity index (χ2v) is 6.99. The molecule has 2 nitrogen and oxygen atoms in total. The maximum atomic E-state index is 6.55. The van der Waals surface area contributed by atoms with Gasteiger partial charge in [0.05, 0.1) is 11.2 Å². The fourth-order valence-corrected chi connectivity index (χ4v) is 2.80. The first-order valence-electron chi connectivity index (χ1n) is 6.96. The average molecular weight is 279 g/mol. The van der Waals surface area contributed by atoms with E-state index in [4.69, 9.17) is 20.9 Å². The first kappa shape index (κ1) is 13.5. The van der Waals surface area contributed by atoms with Gasteiger partial charge in [-0.1, -0.05) is 29.8 Å². The van der Waals surface area contributed by atoms with Gasteiger partial charge in [-0.05, 0) is 52.0 Å². The largest absolute Gasteiger partial charge is 0.496 e. The second-order valence-electron chi connectivity index (χ2n) is 6.61. The normalized spacial score (nSPS) is 24.8. The lowest BCUT2D eigenvalue weighted by Gasteiger charge is -2.32. The standard InChI is InChI=1S/C15H20BClO2/c1-14(2)15(3,4)19-16(18-14)12-7-5-6-11(13(12)17)10-8-9-10/h5-7,10H,8-9H2,1-4H3. The third kappa shape index (κ3) is 2.22. The van der Waals surface area contributed by atoms with Gasteiger partial charge in [-0.2, -0.15) is 0 Å². The Kier molecular flexibility index (Phi) is 3.01. The highest BCUT2D eigenvalue weighted by Gasteiger charge is 2.52. The molecular weight excluding hydrogens is 258 g/mol. The zero-order valence-corrected chi connectivity index (χ0v) is 12.8. The molecule has 3 rings (SSSR count). The maximum Gasteiger partial charge on any atom is 0.496 e. The van der Waals surface area contributed by atoms with Gasteiger partial charge < -0.3 is 9.31 Å². The van der Waals surface area contributed by atoms with Gasteiger partial charge in [0.25, 0.3) is 0 Å². The lowest BCUT2D eigenvalue weighted by molar-refractivity contribution is 0.00578. The Balaban J connectivity index is 1.94. The van der Waals surface area contributed by atoms with E-state index in [9.17, 15) is 0 Å². The van der Waals surface area contributed by atoms with Crippen molar-refractivity contribution in [1.29, 1.82) is 0 Å². The SMILES string of the molecule is CC1(C)OB(c2cccc(C3CC3)c2Cl)OC1(C)C. The molecule has 0 amide bonds. The van der Waals surface area contributed by atoms with Crippen molar-refractivity contribution in [2.45, 2.75) is 57.7 Å². The summed E-state index contributed by atoms with van der Waals surface area (Å²) in [6.07, 6.45) is 2.49. The zero-order valence-electron chi connectivity index (χ0n) is 12.0. The van der Waals surface area contributed by atoms with Crippen LogP contribution >= 0.6 is 11.6 Å². The molecule has 1 saturated heterocycles. The topological polar surface area (TPSA) is 18.5 Å². The molecule has 102 valence electrons. The summed E-state index contributed by atoms with van der Waals surface area (Å²) in [5.41, 5.74) is 1.56. The van der Waals surface area contributed by atoms with Crippen molar-refractivity contribution in [2.75, 3.05) is 0 Å². The second kappa shape index (κ2) is 4.24.